The molecule has 0 unspecified atom stereocenters. The average molecular weight is 396 g/mol. The first kappa shape index (κ1) is 21.6. The van der Waals surface area contributed by atoms with Crippen molar-refractivity contribution in [3.63, 3.8) is 0 Å². The Morgan fingerprint density at radius 3 is 2.68 bits per heavy atom. The van der Waals surface area contributed by atoms with Crippen LogP contribution in [0.4, 0.5) is 4.79 Å². The first-order valence-electron chi connectivity index (χ1n) is 8.88. The number of carbonyl (C=O) groups excluding carboxylic acids is 2. The molecule has 0 spiro atoms. The van der Waals surface area contributed by atoms with Gasteiger partial charge in [-0.1, -0.05) is 30.3 Å². The predicted molar refractivity (Wildman–Crippen MR) is 95.9 cm³/mol. The lowest BCUT2D eigenvalue weighted by molar-refractivity contribution is -0.485. The number of nitro groups is 1. The molecule has 2 rings (SSSR count). The summed E-state index contributed by atoms with van der Waals surface area (Å²) in [4.78, 5) is 33.5. The number of ether oxygens (including phenoxy) is 4. The van der Waals surface area contributed by atoms with E-state index >= 15 is 0 Å². The number of hydrogen-bond donors (Lipinski definition) is 1. The maximum atomic E-state index is 12.2. The molecule has 154 valence electrons. The zero-order valence-corrected chi connectivity index (χ0v) is 15.7. The molecule has 0 aliphatic carbocycles. The summed E-state index contributed by atoms with van der Waals surface area (Å²) in [5.41, 5.74) is 0.829. The highest BCUT2D eigenvalue weighted by Gasteiger charge is 2.40. The van der Waals surface area contributed by atoms with Gasteiger partial charge in [-0.3, -0.25) is 14.9 Å². The third kappa shape index (κ3) is 7.12. The summed E-state index contributed by atoms with van der Waals surface area (Å²) in [7, 11) is 0. The van der Waals surface area contributed by atoms with E-state index < -0.39 is 41.5 Å². The summed E-state index contributed by atoms with van der Waals surface area (Å²) in [6.45, 7) is 2.52. The van der Waals surface area contributed by atoms with E-state index in [0.717, 1.165) is 5.56 Å². The van der Waals surface area contributed by atoms with Gasteiger partial charge in [0.25, 0.3) is 0 Å². The highest BCUT2D eigenvalue weighted by molar-refractivity contribution is 5.68. The minimum absolute atomic E-state index is 0.0897. The number of carbonyl (C=O) groups is 2. The van der Waals surface area contributed by atoms with Crippen LogP contribution in [-0.4, -0.2) is 54.7 Å². The second kappa shape index (κ2) is 10.6. The molecule has 1 amide bonds. The maximum absolute atomic E-state index is 12.2. The molecule has 28 heavy (non-hydrogen) atoms. The van der Waals surface area contributed by atoms with Crippen molar-refractivity contribution >= 4 is 12.1 Å². The SMILES string of the molecule is CC(=O)O[C@H]1[C@H](C)O[C@@H](OCC[N+](=O)[O-])C[C@H]1NC(=O)OCc1ccccc1. The molecular weight excluding hydrogens is 372 g/mol. The van der Waals surface area contributed by atoms with Gasteiger partial charge in [0.05, 0.1) is 12.1 Å². The van der Waals surface area contributed by atoms with Gasteiger partial charge in [-0.25, -0.2) is 4.79 Å². The number of esters is 1. The molecule has 1 heterocycles. The van der Waals surface area contributed by atoms with Gasteiger partial charge in [0.15, 0.2) is 6.29 Å². The molecule has 0 aromatic heterocycles. The molecule has 1 aliphatic rings. The molecule has 1 aromatic rings. The Labute approximate surface area is 162 Å². The molecule has 4 atom stereocenters. The number of alkyl carbamates (subject to hydrolysis) is 1. The summed E-state index contributed by atoms with van der Waals surface area (Å²) in [6, 6.07) is 8.54. The topological polar surface area (TPSA) is 126 Å². The van der Waals surface area contributed by atoms with Crippen molar-refractivity contribution in [3.8, 4) is 0 Å². The first-order valence-corrected chi connectivity index (χ1v) is 8.88. The fraction of sp³-hybridized carbons (Fsp3) is 0.556. The third-order valence-corrected chi connectivity index (χ3v) is 4.07. The van der Waals surface area contributed by atoms with E-state index in [1.165, 1.54) is 6.92 Å². The second-order valence-corrected chi connectivity index (χ2v) is 6.32. The van der Waals surface area contributed by atoms with Crippen LogP contribution < -0.4 is 5.32 Å². The first-order chi connectivity index (χ1) is 13.3. The van der Waals surface area contributed by atoms with Crippen molar-refractivity contribution in [2.24, 2.45) is 0 Å². The minimum atomic E-state index is -0.777. The van der Waals surface area contributed by atoms with Crippen LogP contribution in [0, 0.1) is 10.1 Å². The van der Waals surface area contributed by atoms with Crippen LogP contribution >= 0.6 is 0 Å². The normalized spacial score (nSPS) is 24.2. The second-order valence-electron chi connectivity index (χ2n) is 6.32. The van der Waals surface area contributed by atoms with E-state index in [9.17, 15) is 19.7 Å². The summed E-state index contributed by atoms with van der Waals surface area (Å²) in [6.07, 6.45) is -2.62. The van der Waals surface area contributed by atoms with E-state index in [-0.39, 0.29) is 26.2 Å². The zero-order chi connectivity index (χ0) is 20.5. The highest BCUT2D eigenvalue weighted by Crippen LogP contribution is 2.24. The summed E-state index contributed by atoms with van der Waals surface area (Å²) < 4.78 is 21.4. The zero-order valence-electron chi connectivity index (χ0n) is 15.7. The van der Waals surface area contributed by atoms with Crippen LogP contribution in [0.1, 0.15) is 25.8 Å². The number of rotatable bonds is 8. The lowest BCUT2D eigenvalue weighted by Crippen LogP contribution is -2.56. The van der Waals surface area contributed by atoms with Crippen LogP contribution in [-0.2, 0) is 30.3 Å². The Morgan fingerprint density at radius 1 is 1.32 bits per heavy atom. The molecule has 1 fully saturated rings. The van der Waals surface area contributed by atoms with Crippen molar-refractivity contribution in [3.05, 3.63) is 46.0 Å². The number of nitrogens with one attached hydrogen (secondary N) is 1. The Balaban J connectivity index is 1.94. The monoisotopic (exact) mass is 396 g/mol. The Kier molecular flexibility index (Phi) is 8.15. The van der Waals surface area contributed by atoms with Crippen LogP contribution in [0.3, 0.4) is 0 Å². The van der Waals surface area contributed by atoms with Gasteiger partial charge in [-0.2, -0.15) is 0 Å². The minimum Gasteiger partial charge on any atom is -0.458 e. The van der Waals surface area contributed by atoms with Crippen molar-refractivity contribution in [1.82, 2.24) is 5.32 Å². The number of hydrogen-bond acceptors (Lipinski definition) is 8. The fourth-order valence-electron chi connectivity index (χ4n) is 2.83. The molecule has 0 saturated carbocycles. The van der Waals surface area contributed by atoms with E-state index in [1.807, 2.05) is 30.3 Å². The van der Waals surface area contributed by atoms with Crippen molar-refractivity contribution in [2.45, 2.75) is 51.4 Å². The summed E-state index contributed by atoms with van der Waals surface area (Å²) in [5, 5.41) is 13.1. The third-order valence-electron chi connectivity index (χ3n) is 4.07. The van der Waals surface area contributed by atoms with E-state index in [4.69, 9.17) is 18.9 Å². The average Bonchev–Trinajstić information content (AvgIpc) is 2.63. The molecule has 1 N–H and O–H groups in total. The summed E-state index contributed by atoms with van der Waals surface area (Å²) >= 11 is 0. The molecule has 1 aliphatic heterocycles. The van der Waals surface area contributed by atoms with Crippen molar-refractivity contribution in [1.29, 1.82) is 0 Å². The number of nitrogens with zero attached hydrogens (tertiary/aromatic N) is 1. The standard InChI is InChI=1S/C18H24N2O8/c1-12-17(28-13(2)21)15(10-16(27-12)25-9-8-20(23)24)19-18(22)26-11-14-6-4-3-5-7-14/h3-7,12,15-17H,8-11H2,1-2H3,(H,19,22)/t12-,15+,16+,17-/m0/s1. The Bertz CT molecular complexity index is 669. The molecule has 10 nitrogen and oxygen atoms in total. The molecule has 0 radical (unpaired) electrons. The van der Waals surface area contributed by atoms with Crippen molar-refractivity contribution in [2.75, 3.05) is 13.2 Å². The molecule has 10 heteroatoms. The van der Waals surface area contributed by atoms with Gasteiger partial charge < -0.3 is 24.3 Å². The Morgan fingerprint density at radius 2 is 2.04 bits per heavy atom. The van der Waals surface area contributed by atoms with Gasteiger partial charge in [-0.05, 0) is 12.5 Å². The van der Waals surface area contributed by atoms with Gasteiger partial charge in [0, 0.05) is 18.3 Å². The maximum Gasteiger partial charge on any atom is 0.407 e. The van der Waals surface area contributed by atoms with Gasteiger partial charge in [-0.15, -0.1) is 0 Å². The number of benzene rings is 1. The largest absolute Gasteiger partial charge is 0.458 e. The van der Waals surface area contributed by atoms with E-state index in [1.54, 1.807) is 6.92 Å². The van der Waals surface area contributed by atoms with Gasteiger partial charge >= 0.3 is 12.1 Å². The molecule has 1 saturated heterocycles. The van der Waals surface area contributed by atoms with Gasteiger partial charge in [0.1, 0.15) is 19.3 Å². The Hall–Kier alpha value is -2.72. The van der Waals surface area contributed by atoms with E-state index in [2.05, 4.69) is 5.32 Å². The van der Waals surface area contributed by atoms with Crippen LogP contribution in [0.2, 0.25) is 0 Å². The quantitative estimate of drug-likeness (QED) is 0.399. The van der Waals surface area contributed by atoms with Crippen LogP contribution in [0.15, 0.2) is 30.3 Å². The number of amides is 1. The lowest BCUT2D eigenvalue weighted by atomic mass is 9.99. The van der Waals surface area contributed by atoms with Crippen LogP contribution in [0.25, 0.3) is 0 Å². The van der Waals surface area contributed by atoms with Crippen LogP contribution in [0.5, 0.6) is 0 Å². The fourth-order valence-corrected chi connectivity index (χ4v) is 2.83. The summed E-state index contributed by atoms with van der Waals surface area (Å²) in [5.74, 6) is -0.516. The predicted octanol–water partition coefficient (Wildman–Crippen LogP) is 1.64. The van der Waals surface area contributed by atoms with Gasteiger partial charge in [0.2, 0.25) is 6.54 Å². The highest BCUT2D eigenvalue weighted by atomic mass is 16.7. The molecular formula is C18H24N2O8. The smallest absolute Gasteiger partial charge is 0.407 e. The molecule has 0 bridgehead atoms. The van der Waals surface area contributed by atoms with E-state index in [0.29, 0.717) is 0 Å². The lowest BCUT2D eigenvalue weighted by Gasteiger charge is -2.39. The molecule has 1 aromatic carbocycles. The van der Waals surface area contributed by atoms with Crippen molar-refractivity contribution < 1.29 is 33.5 Å².